The molecule has 1 aromatic carbocycles. The van der Waals surface area contributed by atoms with Gasteiger partial charge >= 0.3 is 0 Å². The molecular weight excluding hydrogens is 343 g/mol. The molecule has 0 atom stereocenters. The third-order valence-corrected chi connectivity index (χ3v) is 6.21. The zero-order valence-electron chi connectivity index (χ0n) is 14.5. The minimum absolute atomic E-state index is 0.0177. The van der Waals surface area contributed by atoms with Gasteiger partial charge in [-0.2, -0.15) is 4.31 Å². The topological polar surface area (TPSA) is 66.5 Å². The van der Waals surface area contributed by atoms with Crippen LogP contribution in [-0.2, 0) is 14.8 Å². The van der Waals surface area contributed by atoms with Crippen molar-refractivity contribution in [1.29, 1.82) is 0 Å². The molecule has 0 unspecified atom stereocenters. The zero-order valence-corrected chi connectivity index (χ0v) is 15.3. The summed E-state index contributed by atoms with van der Waals surface area (Å²) in [5, 5.41) is 2.78. The van der Waals surface area contributed by atoms with E-state index in [4.69, 9.17) is 0 Å². The third kappa shape index (κ3) is 5.64. The minimum Gasteiger partial charge on any atom is -0.355 e. The van der Waals surface area contributed by atoms with Crippen LogP contribution in [-0.4, -0.2) is 38.3 Å². The Morgan fingerprint density at radius 2 is 1.96 bits per heavy atom. The van der Waals surface area contributed by atoms with E-state index in [1.54, 1.807) is 6.92 Å². The first-order valence-electron chi connectivity index (χ1n) is 8.64. The summed E-state index contributed by atoms with van der Waals surface area (Å²) in [6.07, 6.45) is 7.64. The Balaban J connectivity index is 1.90. The number of sulfonamides is 1. The fourth-order valence-electron chi connectivity index (χ4n) is 2.83. The van der Waals surface area contributed by atoms with Gasteiger partial charge in [0.05, 0.1) is 11.4 Å². The monoisotopic (exact) mass is 368 g/mol. The number of hydrogen-bond donors (Lipinski definition) is 1. The van der Waals surface area contributed by atoms with E-state index in [1.165, 1.54) is 30.5 Å². The molecule has 1 N–H and O–H groups in total. The first kappa shape index (κ1) is 19.6. The maximum Gasteiger partial charge on any atom is 0.243 e. The number of likely N-dealkylation sites (N-methyl/N-ethyl adjacent to an activating group) is 1. The van der Waals surface area contributed by atoms with Crippen LogP contribution in [0, 0.1) is 5.82 Å². The van der Waals surface area contributed by atoms with Crippen LogP contribution in [0.2, 0.25) is 0 Å². The number of benzene rings is 1. The van der Waals surface area contributed by atoms with Gasteiger partial charge in [0.2, 0.25) is 15.9 Å². The standard InChI is InChI=1S/C18H25FN2O3S/c1-2-21(25(23,24)17-10-8-16(19)9-11-17)14-18(22)20-13-12-15-6-4-3-5-7-15/h6,8-11H,2-5,7,12-14H2,1H3,(H,20,22). The number of allylic oxidation sites excluding steroid dienone is 1. The molecule has 0 aliphatic heterocycles. The summed E-state index contributed by atoms with van der Waals surface area (Å²) >= 11 is 0. The van der Waals surface area contributed by atoms with Crippen LogP contribution < -0.4 is 5.32 Å². The highest BCUT2D eigenvalue weighted by molar-refractivity contribution is 7.89. The van der Waals surface area contributed by atoms with E-state index >= 15 is 0 Å². The van der Waals surface area contributed by atoms with Gasteiger partial charge in [-0.3, -0.25) is 4.79 Å². The van der Waals surface area contributed by atoms with Crippen LogP contribution in [0.5, 0.6) is 0 Å². The van der Waals surface area contributed by atoms with Crippen LogP contribution in [0.3, 0.4) is 0 Å². The Bertz CT molecular complexity index is 714. The molecule has 1 aromatic rings. The summed E-state index contributed by atoms with van der Waals surface area (Å²) in [7, 11) is -3.81. The summed E-state index contributed by atoms with van der Waals surface area (Å²) in [6, 6.07) is 4.61. The molecule has 0 aromatic heterocycles. The van der Waals surface area contributed by atoms with Gasteiger partial charge in [-0.15, -0.1) is 0 Å². The maximum absolute atomic E-state index is 13.0. The molecule has 0 bridgehead atoms. The van der Waals surface area contributed by atoms with E-state index in [9.17, 15) is 17.6 Å². The van der Waals surface area contributed by atoms with Crippen molar-refractivity contribution in [3.8, 4) is 0 Å². The Morgan fingerprint density at radius 1 is 1.24 bits per heavy atom. The zero-order chi connectivity index (χ0) is 18.3. The third-order valence-electron chi connectivity index (χ3n) is 4.28. The van der Waals surface area contributed by atoms with Crippen LogP contribution in [0.15, 0.2) is 40.8 Å². The lowest BCUT2D eigenvalue weighted by atomic mass is 9.97. The van der Waals surface area contributed by atoms with Crippen LogP contribution in [0.25, 0.3) is 0 Å². The number of rotatable bonds is 8. The number of nitrogens with one attached hydrogen (secondary N) is 1. The second kappa shape index (κ2) is 9.10. The summed E-state index contributed by atoms with van der Waals surface area (Å²) in [5.74, 6) is -0.833. The second-order valence-corrected chi connectivity index (χ2v) is 8.03. The molecule has 5 nitrogen and oxygen atoms in total. The molecule has 1 amide bonds. The van der Waals surface area contributed by atoms with Gasteiger partial charge < -0.3 is 5.32 Å². The lowest BCUT2D eigenvalue weighted by molar-refractivity contribution is -0.121. The summed E-state index contributed by atoms with van der Waals surface area (Å²) in [5.41, 5.74) is 1.36. The Hall–Kier alpha value is -1.73. The minimum atomic E-state index is -3.81. The number of hydrogen-bond acceptors (Lipinski definition) is 3. The Morgan fingerprint density at radius 3 is 2.56 bits per heavy atom. The van der Waals surface area contributed by atoms with Crippen molar-refractivity contribution in [3.05, 3.63) is 41.7 Å². The van der Waals surface area contributed by atoms with Gasteiger partial charge in [0, 0.05) is 13.1 Å². The van der Waals surface area contributed by atoms with Crippen LogP contribution in [0.4, 0.5) is 4.39 Å². The second-order valence-electron chi connectivity index (χ2n) is 6.09. The van der Waals surface area contributed by atoms with Crippen molar-refractivity contribution in [2.75, 3.05) is 19.6 Å². The summed E-state index contributed by atoms with van der Waals surface area (Å²) in [6.45, 7) is 2.10. The Labute approximate surface area is 149 Å². The van der Waals surface area contributed by atoms with Crippen molar-refractivity contribution >= 4 is 15.9 Å². The van der Waals surface area contributed by atoms with E-state index in [0.717, 1.165) is 35.7 Å². The van der Waals surface area contributed by atoms with Gasteiger partial charge in [0.1, 0.15) is 5.82 Å². The SMILES string of the molecule is CCN(CC(=O)NCCC1=CCCCC1)S(=O)(=O)c1ccc(F)cc1. The highest BCUT2D eigenvalue weighted by Gasteiger charge is 2.25. The molecule has 0 spiro atoms. The molecule has 0 heterocycles. The maximum atomic E-state index is 13.0. The molecule has 0 saturated carbocycles. The molecule has 1 aliphatic carbocycles. The van der Waals surface area contributed by atoms with E-state index in [1.807, 2.05) is 0 Å². The molecular formula is C18H25FN2O3S. The lowest BCUT2D eigenvalue weighted by Gasteiger charge is -2.20. The molecule has 138 valence electrons. The van der Waals surface area contributed by atoms with Crippen molar-refractivity contribution in [3.63, 3.8) is 0 Å². The predicted molar refractivity (Wildman–Crippen MR) is 95.0 cm³/mol. The smallest absolute Gasteiger partial charge is 0.243 e. The fourth-order valence-corrected chi connectivity index (χ4v) is 4.24. The Kier molecular flexibility index (Phi) is 7.13. The van der Waals surface area contributed by atoms with Crippen molar-refractivity contribution in [2.45, 2.75) is 43.9 Å². The van der Waals surface area contributed by atoms with Crippen LogP contribution in [0.1, 0.15) is 39.0 Å². The summed E-state index contributed by atoms with van der Waals surface area (Å²) in [4.78, 5) is 12.1. The lowest BCUT2D eigenvalue weighted by Crippen LogP contribution is -2.40. The first-order valence-corrected chi connectivity index (χ1v) is 10.1. The van der Waals surface area contributed by atoms with Crippen molar-refractivity contribution in [2.24, 2.45) is 0 Å². The number of carbonyl (C=O) groups excluding carboxylic acids is 1. The normalized spacial score (nSPS) is 15.1. The molecule has 0 radical (unpaired) electrons. The predicted octanol–water partition coefficient (Wildman–Crippen LogP) is 2.84. The quantitative estimate of drug-likeness (QED) is 0.718. The first-order chi connectivity index (χ1) is 11.9. The molecule has 1 aliphatic rings. The van der Waals surface area contributed by atoms with Gasteiger partial charge in [-0.1, -0.05) is 18.6 Å². The highest BCUT2D eigenvalue weighted by atomic mass is 32.2. The number of carbonyl (C=O) groups is 1. The average molecular weight is 368 g/mol. The van der Waals surface area contributed by atoms with E-state index in [2.05, 4.69) is 11.4 Å². The number of amides is 1. The van der Waals surface area contributed by atoms with Gasteiger partial charge in [0.25, 0.3) is 0 Å². The number of nitrogens with zero attached hydrogens (tertiary/aromatic N) is 1. The van der Waals surface area contributed by atoms with Crippen molar-refractivity contribution < 1.29 is 17.6 Å². The van der Waals surface area contributed by atoms with E-state index in [0.29, 0.717) is 6.54 Å². The molecule has 25 heavy (non-hydrogen) atoms. The van der Waals surface area contributed by atoms with Gasteiger partial charge in [-0.25, -0.2) is 12.8 Å². The molecule has 0 fully saturated rings. The molecule has 7 heteroatoms. The summed E-state index contributed by atoms with van der Waals surface area (Å²) < 4.78 is 39.2. The van der Waals surface area contributed by atoms with Crippen LogP contribution >= 0.6 is 0 Å². The largest absolute Gasteiger partial charge is 0.355 e. The average Bonchev–Trinajstić information content (AvgIpc) is 2.61. The van der Waals surface area contributed by atoms with Gasteiger partial charge in [-0.05, 0) is 56.4 Å². The molecule has 2 rings (SSSR count). The van der Waals surface area contributed by atoms with Gasteiger partial charge in [0.15, 0.2) is 0 Å². The number of halogens is 1. The van der Waals surface area contributed by atoms with E-state index in [-0.39, 0.29) is 23.9 Å². The van der Waals surface area contributed by atoms with E-state index < -0.39 is 15.8 Å². The highest BCUT2D eigenvalue weighted by Crippen LogP contribution is 2.19. The fraction of sp³-hybridized carbons (Fsp3) is 0.500. The van der Waals surface area contributed by atoms with Crippen molar-refractivity contribution in [1.82, 2.24) is 9.62 Å². The molecule has 0 saturated heterocycles.